The number of rotatable bonds is 4. The van der Waals surface area contributed by atoms with Gasteiger partial charge in [-0.3, -0.25) is 4.90 Å². The zero-order valence-corrected chi connectivity index (χ0v) is 16.3. The summed E-state index contributed by atoms with van der Waals surface area (Å²) in [7, 11) is 1.62. The minimum absolute atomic E-state index is 0.254. The van der Waals surface area contributed by atoms with E-state index in [-0.39, 0.29) is 11.7 Å². The predicted octanol–water partition coefficient (Wildman–Crippen LogP) is 3.80. The van der Waals surface area contributed by atoms with E-state index in [2.05, 4.69) is 4.90 Å². The summed E-state index contributed by atoms with van der Waals surface area (Å²) in [5.41, 5.74) is 2.50. The van der Waals surface area contributed by atoms with Crippen LogP contribution in [0.3, 0.4) is 0 Å². The standard InChI is InChI=1S/C23H23NO5/c1-26-17-7-4-15(5-8-17)19-11-16-6-9-21-20(22(16)29-23(19)25)13-24(14-28-21)12-18-3-2-10-27-18/h4-9,11,18H,2-3,10,12-14H2,1H3. The van der Waals surface area contributed by atoms with Crippen molar-refractivity contribution in [2.24, 2.45) is 0 Å². The molecule has 6 heteroatoms. The molecular weight excluding hydrogens is 370 g/mol. The fourth-order valence-corrected chi connectivity index (χ4v) is 4.10. The zero-order valence-electron chi connectivity index (χ0n) is 16.3. The van der Waals surface area contributed by atoms with Gasteiger partial charge in [-0.25, -0.2) is 4.79 Å². The molecule has 150 valence electrons. The van der Waals surface area contributed by atoms with Crippen molar-refractivity contribution in [2.75, 3.05) is 27.0 Å². The third-order valence-corrected chi connectivity index (χ3v) is 5.63. The summed E-state index contributed by atoms with van der Waals surface area (Å²) in [6.07, 6.45) is 2.45. The van der Waals surface area contributed by atoms with Crippen molar-refractivity contribution in [2.45, 2.75) is 25.5 Å². The van der Waals surface area contributed by atoms with Gasteiger partial charge in [0, 0.05) is 25.1 Å². The lowest BCUT2D eigenvalue weighted by atomic mass is 10.0. The Morgan fingerprint density at radius 3 is 2.79 bits per heavy atom. The molecule has 0 aliphatic carbocycles. The third kappa shape index (κ3) is 3.50. The third-order valence-electron chi connectivity index (χ3n) is 5.63. The van der Waals surface area contributed by atoms with Crippen LogP contribution >= 0.6 is 0 Å². The monoisotopic (exact) mass is 393 g/mol. The van der Waals surface area contributed by atoms with E-state index in [0.29, 0.717) is 24.4 Å². The molecule has 1 fully saturated rings. The molecule has 5 rings (SSSR count). The number of methoxy groups -OCH3 is 1. The SMILES string of the molecule is COc1ccc(-c2cc3ccc4c(c3oc2=O)CN(CC2CCCO2)CO4)cc1. The summed E-state index contributed by atoms with van der Waals surface area (Å²) in [6, 6.07) is 13.2. The molecule has 3 aromatic rings. The molecule has 1 unspecified atom stereocenters. The average molecular weight is 393 g/mol. The molecule has 2 aliphatic rings. The highest BCUT2D eigenvalue weighted by atomic mass is 16.5. The summed E-state index contributed by atoms with van der Waals surface area (Å²) < 4.78 is 22.7. The smallest absolute Gasteiger partial charge is 0.344 e. The molecule has 0 N–H and O–H groups in total. The molecule has 0 spiro atoms. The Morgan fingerprint density at radius 2 is 2.03 bits per heavy atom. The maximum atomic E-state index is 12.8. The van der Waals surface area contributed by atoms with Gasteiger partial charge in [-0.05, 0) is 48.7 Å². The molecule has 0 radical (unpaired) electrons. The second kappa shape index (κ2) is 7.54. The van der Waals surface area contributed by atoms with Crippen molar-refractivity contribution in [3.05, 3.63) is 58.4 Å². The average Bonchev–Trinajstić information content (AvgIpc) is 3.26. The molecule has 6 nitrogen and oxygen atoms in total. The maximum Gasteiger partial charge on any atom is 0.344 e. The Bertz CT molecular complexity index is 1080. The molecule has 2 aliphatic heterocycles. The first-order valence-corrected chi connectivity index (χ1v) is 9.92. The van der Waals surface area contributed by atoms with E-state index in [1.165, 1.54) is 0 Å². The van der Waals surface area contributed by atoms with Crippen molar-refractivity contribution in [3.63, 3.8) is 0 Å². The Hall–Kier alpha value is -2.83. The van der Waals surface area contributed by atoms with E-state index < -0.39 is 0 Å². The van der Waals surface area contributed by atoms with Crippen LogP contribution in [0.4, 0.5) is 0 Å². The molecule has 1 atom stereocenters. The number of nitrogens with zero attached hydrogens (tertiary/aromatic N) is 1. The molecule has 29 heavy (non-hydrogen) atoms. The van der Waals surface area contributed by atoms with Crippen LogP contribution in [0.2, 0.25) is 0 Å². The fourth-order valence-electron chi connectivity index (χ4n) is 4.10. The Labute approximate surface area is 168 Å². The van der Waals surface area contributed by atoms with E-state index in [9.17, 15) is 4.79 Å². The van der Waals surface area contributed by atoms with Gasteiger partial charge in [0.2, 0.25) is 0 Å². The summed E-state index contributed by atoms with van der Waals surface area (Å²) in [5, 5.41) is 0.886. The highest BCUT2D eigenvalue weighted by Gasteiger charge is 2.25. The number of hydrogen-bond acceptors (Lipinski definition) is 6. The van der Waals surface area contributed by atoms with Crippen LogP contribution in [0, 0.1) is 0 Å². The van der Waals surface area contributed by atoms with Gasteiger partial charge in [0.05, 0.1) is 24.3 Å². The van der Waals surface area contributed by atoms with Gasteiger partial charge < -0.3 is 18.6 Å². The van der Waals surface area contributed by atoms with Gasteiger partial charge in [0.1, 0.15) is 23.8 Å². The lowest BCUT2D eigenvalue weighted by Gasteiger charge is -2.30. The number of hydrogen-bond donors (Lipinski definition) is 0. The quantitative estimate of drug-likeness (QED) is 0.629. The van der Waals surface area contributed by atoms with Crippen molar-refractivity contribution in [3.8, 4) is 22.6 Å². The van der Waals surface area contributed by atoms with E-state index in [4.69, 9.17) is 18.6 Å². The van der Waals surface area contributed by atoms with Crippen LogP contribution in [-0.2, 0) is 11.3 Å². The summed E-state index contributed by atoms with van der Waals surface area (Å²) >= 11 is 0. The lowest BCUT2D eigenvalue weighted by Crippen LogP contribution is -2.37. The summed E-state index contributed by atoms with van der Waals surface area (Å²) in [4.78, 5) is 15.0. The van der Waals surface area contributed by atoms with Gasteiger partial charge in [-0.2, -0.15) is 0 Å². The molecule has 2 aromatic carbocycles. The fraction of sp³-hybridized carbons (Fsp3) is 0.348. The van der Waals surface area contributed by atoms with Crippen LogP contribution in [-0.4, -0.2) is 38.0 Å². The predicted molar refractivity (Wildman–Crippen MR) is 109 cm³/mol. The second-order valence-electron chi connectivity index (χ2n) is 7.56. The number of benzene rings is 2. The van der Waals surface area contributed by atoms with Crippen molar-refractivity contribution in [1.29, 1.82) is 0 Å². The lowest BCUT2D eigenvalue weighted by molar-refractivity contribution is 0.0281. The minimum Gasteiger partial charge on any atom is -0.497 e. The first kappa shape index (κ1) is 18.2. The van der Waals surface area contributed by atoms with Crippen LogP contribution < -0.4 is 15.1 Å². The van der Waals surface area contributed by atoms with Crippen LogP contribution in [0.25, 0.3) is 22.1 Å². The molecule has 1 saturated heterocycles. The van der Waals surface area contributed by atoms with Crippen molar-refractivity contribution >= 4 is 11.0 Å². The number of fused-ring (bicyclic) bond motifs is 3. The summed E-state index contributed by atoms with van der Waals surface area (Å²) in [6.45, 7) is 2.86. The molecule has 3 heterocycles. The topological polar surface area (TPSA) is 61.1 Å². The first-order chi connectivity index (χ1) is 14.2. The zero-order chi connectivity index (χ0) is 19.8. The minimum atomic E-state index is -0.354. The molecule has 0 amide bonds. The largest absolute Gasteiger partial charge is 0.497 e. The summed E-state index contributed by atoms with van der Waals surface area (Å²) in [5.74, 6) is 1.53. The van der Waals surface area contributed by atoms with E-state index in [0.717, 1.165) is 54.0 Å². The maximum absolute atomic E-state index is 12.8. The van der Waals surface area contributed by atoms with E-state index >= 15 is 0 Å². The highest BCUT2D eigenvalue weighted by Crippen LogP contribution is 2.33. The molecule has 1 aromatic heterocycles. The Kier molecular flexibility index (Phi) is 4.73. The molecule has 0 saturated carbocycles. The molecular formula is C23H23NO5. The van der Waals surface area contributed by atoms with Gasteiger partial charge in [-0.1, -0.05) is 12.1 Å². The number of ether oxygens (including phenoxy) is 3. The Morgan fingerprint density at radius 1 is 1.17 bits per heavy atom. The van der Waals surface area contributed by atoms with Gasteiger partial charge in [0.25, 0.3) is 0 Å². The second-order valence-corrected chi connectivity index (χ2v) is 7.56. The van der Waals surface area contributed by atoms with Crippen molar-refractivity contribution < 1.29 is 18.6 Å². The first-order valence-electron chi connectivity index (χ1n) is 9.92. The Balaban J connectivity index is 1.49. The van der Waals surface area contributed by atoms with Crippen LogP contribution in [0.15, 0.2) is 51.7 Å². The van der Waals surface area contributed by atoms with Crippen molar-refractivity contribution in [1.82, 2.24) is 4.90 Å². The van der Waals surface area contributed by atoms with E-state index in [1.54, 1.807) is 7.11 Å². The van der Waals surface area contributed by atoms with Gasteiger partial charge in [0.15, 0.2) is 0 Å². The normalized spacial score (nSPS) is 19.1. The molecule has 0 bridgehead atoms. The van der Waals surface area contributed by atoms with Gasteiger partial charge >= 0.3 is 5.63 Å². The van der Waals surface area contributed by atoms with Crippen LogP contribution in [0.1, 0.15) is 18.4 Å². The van der Waals surface area contributed by atoms with E-state index in [1.807, 2.05) is 42.5 Å². The highest BCUT2D eigenvalue weighted by molar-refractivity contribution is 5.86. The van der Waals surface area contributed by atoms with Crippen LogP contribution in [0.5, 0.6) is 11.5 Å². The van der Waals surface area contributed by atoms with Gasteiger partial charge in [-0.15, -0.1) is 0 Å².